The van der Waals surface area contributed by atoms with E-state index in [1.807, 2.05) is 0 Å². The summed E-state index contributed by atoms with van der Waals surface area (Å²) in [6.07, 6.45) is -0.434. The number of carbonyl (C=O) groups excluding carboxylic acids is 3. The minimum atomic E-state index is -1.73. The molecule has 0 N–H and O–H groups in total. The Hall–Kier alpha value is -1.36. The van der Waals surface area contributed by atoms with Gasteiger partial charge in [-0.1, -0.05) is 11.6 Å². The third-order valence-electron chi connectivity index (χ3n) is 0.801. The lowest BCUT2D eigenvalue weighted by molar-refractivity contribution is -0.304. The number of hydrogen-bond acceptors (Lipinski definition) is 5. The molecule has 0 amide bonds. The van der Waals surface area contributed by atoms with Gasteiger partial charge in [-0.25, -0.2) is 0 Å². The maximum absolute atomic E-state index is 10.5. The molecule has 6 heteroatoms. The predicted molar refractivity (Wildman–Crippen MR) is 33.6 cm³/mol. The zero-order chi connectivity index (χ0) is 9.72. The average Bonchev–Trinajstić information content (AvgIpc) is 1.84. The van der Waals surface area contributed by atoms with E-state index in [2.05, 4.69) is 0 Å². The monoisotopic (exact) mass is 190 g/mol. The number of carboxylic acids is 2. The minimum absolute atomic E-state index is 0.465. The van der Waals surface area contributed by atoms with Crippen molar-refractivity contribution in [1.29, 1.82) is 0 Å². The minimum Gasteiger partial charge on any atom is -0.550 e. The molecule has 0 unspecified atom stereocenters. The van der Waals surface area contributed by atoms with Crippen LogP contribution >= 0.6 is 11.6 Å². The highest BCUT2D eigenvalue weighted by atomic mass is 35.5. The number of hydrogen-bond donors (Lipinski definition) is 0. The molecular weight excluding hydrogens is 188 g/mol. The molecule has 0 atom stereocenters. The van der Waals surface area contributed by atoms with Crippen molar-refractivity contribution in [2.24, 2.45) is 0 Å². The summed E-state index contributed by atoms with van der Waals surface area (Å²) in [6.45, 7) is 0. The van der Waals surface area contributed by atoms with Crippen molar-refractivity contribution in [2.45, 2.75) is 6.42 Å². The smallest absolute Gasteiger partial charge is 0.162 e. The van der Waals surface area contributed by atoms with Crippen molar-refractivity contribution >= 4 is 29.3 Å². The Labute approximate surface area is 72.3 Å². The van der Waals surface area contributed by atoms with Crippen molar-refractivity contribution in [3.05, 3.63) is 11.1 Å². The Bertz CT molecular complexity index is 255. The second-order valence-corrected chi connectivity index (χ2v) is 2.20. The molecule has 0 radical (unpaired) electrons. The molecule has 12 heavy (non-hydrogen) atoms. The number of carbonyl (C=O) groups is 3. The van der Waals surface area contributed by atoms with Crippen molar-refractivity contribution in [3.8, 4) is 0 Å². The van der Waals surface area contributed by atoms with Crippen LogP contribution in [0.2, 0.25) is 0 Å². The Morgan fingerprint density at radius 1 is 1.25 bits per heavy atom. The molecular formula is C6H3ClO5-2. The maximum atomic E-state index is 10.5. The molecule has 66 valence electrons. The fourth-order valence-electron chi connectivity index (χ4n) is 0.394. The molecule has 0 saturated carbocycles. The molecule has 0 heterocycles. The number of halogens is 1. The lowest BCUT2D eigenvalue weighted by Crippen LogP contribution is -2.26. The molecule has 0 aliphatic rings. The quantitative estimate of drug-likeness (QED) is 0.363. The first-order chi connectivity index (χ1) is 5.43. The zero-order valence-corrected chi connectivity index (χ0v) is 6.46. The summed E-state index contributed by atoms with van der Waals surface area (Å²) in [5.74, 6) is -4.29. The molecule has 0 aromatic rings. The molecule has 0 rings (SSSR count). The second kappa shape index (κ2) is 4.50. The van der Waals surface area contributed by atoms with Crippen molar-refractivity contribution in [2.75, 3.05) is 0 Å². The van der Waals surface area contributed by atoms with Gasteiger partial charge in [0.25, 0.3) is 0 Å². The second-order valence-electron chi connectivity index (χ2n) is 1.79. The fraction of sp³-hybridized carbons (Fsp3) is 0.167. The summed E-state index contributed by atoms with van der Waals surface area (Å²) in [5, 5.41) is 18.9. The van der Waals surface area contributed by atoms with E-state index >= 15 is 0 Å². The Kier molecular flexibility index (Phi) is 3.99. The topological polar surface area (TPSA) is 97.3 Å². The van der Waals surface area contributed by atoms with Crippen LogP contribution in [0.1, 0.15) is 6.42 Å². The molecule has 0 fully saturated rings. The van der Waals surface area contributed by atoms with Crippen LogP contribution in [0.15, 0.2) is 11.1 Å². The van der Waals surface area contributed by atoms with E-state index in [9.17, 15) is 24.6 Å². The first kappa shape index (κ1) is 10.6. The van der Waals surface area contributed by atoms with Gasteiger partial charge >= 0.3 is 0 Å². The summed E-state index contributed by atoms with van der Waals surface area (Å²) in [6, 6.07) is 0. The molecule has 0 saturated heterocycles. The number of aliphatic carboxylic acids is 2. The highest BCUT2D eigenvalue weighted by Crippen LogP contribution is 1.99. The van der Waals surface area contributed by atoms with E-state index in [0.29, 0.717) is 6.08 Å². The summed E-state index contributed by atoms with van der Waals surface area (Å²) < 4.78 is 0. The number of carboxylic acid groups (broad SMARTS) is 2. The highest BCUT2D eigenvalue weighted by molar-refractivity contribution is 6.42. The number of allylic oxidation sites excluding steroid dienone is 1. The fourth-order valence-corrected chi connectivity index (χ4v) is 0.515. The third kappa shape index (κ3) is 4.45. The van der Waals surface area contributed by atoms with Crippen molar-refractivity contribution in [1.82, 2.24) is 0 Å². The lowest BCUT2D eigenvalue weighted by atomic mass is 10.2. The van der Waals surface area contributed by atoms with Gasteiger partial charge in [-0.05, 0) is 0 Å². The van der Waals surface area contributed by atoms with Gasteiger partial charge in [0.05, 0.1) is 17.4 Å². The summed E-state index contributed by atoms with van der Waals surface area (Å²) in [5.41, 5.74) is 0. The van der Waals surface area contributed by atoms with Crippen LogP contribution in [0.3, 0.4) is 0 Å². The van der Waals surface area contributed by atoms with Gasteiger partial charge in [-0.3, -0.25) is 4.79 Å². The van der Waals surface area contributed by atoms with E-state index in [1.54, 1.807) is 0 Å². The Morgan fingerprint density at radius 2 is 1.75 bits per heavy atom. The van der Waals surface area contributed by atoms with Crippen LogP contribution < -0.4 is 10.2 Å². The van der Waals surface area contributed by atoms with Gasteiger partial charge in [0.1, 0.15) is 0 Å². The molecule has 0 aliphatic heterocycles. The van der Waals surface area contributed by atoms with Crippen LogP contribution in [0, 0.1) is 0 Å². The highest BCUT2D eigenvalue weighted by Gasteiger charge is 2.00. The van der Waals surface area contributed by atoms with E-state index < -0.39 is 29.2 Å². The van der Waals surface area contributed by atoms with Crippen LogP contribution in [0.4, 0.5) is 0 Å². The van der Waals surface area contributed by atoms with Crippen LogP contribution in [0.25, 0.3) is 0 Å². The van der Waals surface area contributed by atoms with Gasteiger partial charge in [0, 0.05) is 12.0 Å². The first-order valence-corrected chi connectivity index (χ1v) is 3.12. The van der Waals surface area contributed by atoms with Gasteiger partial charge in [0.2, 0.25) is 0 Å². The van der Waals surface area contributed by atoms with Gasteiger partial charge in [-0.2, -0.15) is 0 Å². The summed E-state index contributed by atoms with van der Waals surface area (Å²) >= 11 is 4.96. The Morgan fingerprint density at radius 3 is 2.08 bits per heavy atom. The third-order valence-corrected chi connectivity index (χ3v) is 1.06. The zero-order valence-electron chi connectivity index (χ0n) is 5.70. The number of ketones is 1. The van der Waals surface area contributed by atoms with Gasteiger partial charge < -0.3 is 19.8 Å². The van der Waals surface area contributed by atoms with Crippen LogP contribution in [-0.2, 0) is 14.4 Å². The molecule has 0 spiro atoms. The molecule has 5 nitrogen and oxygen atoms in total. The van der Waals surface area contributed by atoms with Crippen molar-refractivity contribution < 1.29 is 24.6 Å². The summed E-state index contributed by atoms with van der Waals surface area (Å²) in [4.78, 5) is 30.2. The molecule has 0 aliphatic carbocycles. The first-order valence-electron chi connectivity index (χ1n) is 2.74. The standard InChI is InChI=1S/C6H5ClO5/c7-4(6(11)12)1-3(8)2-5(9)10/h1H,2H2,(H,9,10)(H,11,12)/p-2/b4-1+. The van der Waals surface area contributed by atoms with E-state index in [1.165, 1.54) is 0 Å². The SMILES string of the molecule is O=C([O-])CC(=O)/C=C(/Cl)C(=O)[O-]. The largest absolute Gasteiger partial charge is 0.550 e. The van der Waals surface area contributed by atoms with Crippen molar-refractivity contribution in [3.63, 3.8) is 0 Å². The summed E-state index contributed by atoms with van der Waals surface area (Å²) in [7, 11) is 0. The van der Waals surface area contributed by atoms with Gasteiger partial charge in [0.15, 0.2) is 5.78 Å². The molecule has 0 aromatic carbocycles. The van der Waals surface area contributed by atoms with E-state index in [4.69, 9.17) is 11.6 Å². The number of rotatable bonds is 4. The lowest BCUT2D eigenvalue weighted by Gasteiger charge is -1.99. The van der Waals surface area contributed by atoms with Crippen LogP contribution in [-0.4, -0.2) is 17.7 Å². The maximum Gasteiger partial charge on any atom is 0.162 e. The normalized spacial score (nSPS) is 10.9. The van der Waals surface area contributed by atoms with E-state index in [0.717, 1.165) is 0 Å². The van der Waals surface area contributed by atoms with Gasteiger partial charge in [-0.15, -0.1) is 0 Å². The van der Waals surface area contributed by atoms with E-state index in [-0.39, 0.29) is 0 Å². The molecule has 0 aromatic heterocycles. The predicted octanol–water partition coefficient (Wildman–Crippen LogP) is -2.43. The Balaban J connectivity index is 4.24. The molecule has 0 bridgehead atoms. The van der Waals surface area contributed by atoms with Crippen LogP contribution in [0.5, 0.6) is 0 Å². The average molecular weight is 191 g/mol.